The summed E-state index contributed by atoms with van der Waals surface area (Å²) in [5.74, 6) is 0.403. The largest absolute Gasteiger partial charge is 0.493 e. The molecule has 0 amide bonds. The minimum Gasteiger partial charge on any atom is -0.493 e. The third kappa shape index (κ3) is 3.37. The van der Waals surface area contributed by atoms with Crippen molar-refractivity contribution in [3.63, 3.8) is 0 Å². The van der Waals surface area contributed by atoms with Gasteiger partial charge in [-0.05, 0) is 37.3 Å². The first-order valence-corrected chi connectivity index (χ1v) is 7.91. The van der Waals surface area contributed by atoms with E-state index in [0.29, 0.717) is 28.4 Å². The smallest absolute Gasteiger partial charge is 0.338 e. The van der Waals surface area contributed by atoms with Crippen molar-refractivity contribution < 1.29 is 19.0 Å². The van der Waals surface area contributed by atoms with Crippen LogP contribution in [0.1, 0.15) is 21.7 Å². The predicted octanol–water partition coefficient (Wildman–Crippen LogP) is 2.38. The van der Waals surface area contributed by atoms with Crippen molar-refractivity contribution in [1.29, 1.82) is 0 Å². The van der Waals surface area contributed by atoms with Crippen LogP contribution in [0.3, 0.4) is 0 Å². The van der Waals surface area contributed by atoms with E-state index in [9.17, 15) is 9.59 Å². The van der Waals surface area contributed by atoms with E-state index in [1.54, 1.807) is 18.2 Å². The fourth-order valence-corrected chi connectivity index (χ4v) is 2.62. The predicted molar refractivity (Wildman–Crippen MR) is 94.9 cm³/mol. The van der Waals surface area contributed by atoms with Gasteiger partial charge in [0.05, 0.1) is 25.5 Å². The molecule has 2 heterocycles. The van der Waals surface area contributed by atoms with E-state index in [-0.39, 0.29) is 12.2 Å². The lowest BCUT2D eigenvalue weighted by atomic mass is 10.2. The minimum absolute atomic E-state index is 0.104. The second-order valence-corrected chi connectivity index (χ2v) is 5.59. The van der Waals surface area contributed by atoms with Crippen LogP contribution in [0.15, 0.2) is 47.3 Å². The van der Waals surface area contributed by atoms with Gasteiger partial charge in [-0.2, -0.15) is 0 Å². The monoisotopic (exact) mass is 354 g/mol. The number of carbonyl (C=O) groups is 1. The van der Waals surface area contributed by atoms with E-state index < -0.39 is 5.97 Å². The van der Waals surface area contributed by atoms with Gasteiger partial charge < -0.3 is 14.2 Å². The van der Waals surface area contributed by atoms with Gasteiger partial charge in [0.1, 0.15) is 12.3 Å². The Balaban J connectivity index is 1.80. The number of esters is 1. The first kappa shape index (κ1) is 17.5. The van der Waals surface area contributed by atoms with Gasteiger partial charge in [0.25, 0.3) is 5.56 Å². The fraction of sp³-hybridized carbons (Fsp3) is 0.211. The van der Waals surface area contributed by atoms with Gasteiger partial charge in [0.2, 0.25) is 0 Å². The number of carbonyl (C=O) groups excluding carboxylic acids is 1. The molecule has 7 nitrogen and oxygen atoms in total. The molecule has 0 aliphatic heterocycles. The number of hydrogen-bond donors (Lipinski definition) is 0. The van der Waals surface area contributed by atoms with Crippen molar-refractivity contribution in [1.82, 2.24) is 9.38 Å². The molecule has 0 atom stereocenters. The average Bonchev–Trinajstić information content (AvgIpc) is 2.65. The number of pyridine rings is 1. The van der Waals surface area contributed by atoms with Crippen molar-refractivity contribution in [2.75, 3.05) is 14.2 Å². The Morgan fingerprint density at radius 3 is 2.58 bits per heavy atom. The molecule has 0 unspecified atom stereocenters. The molecule has 26 heavy (non-hydrogen) atoms. The molecule has 3 rings (SSSR count). The molecule has 0 N–H and O–H groups in total. The SMILES string of the molecule is COc1ccc(C(=O)OCc2cc(=O)n3c(C)cccc3n2)cc1OC. The second-order valence-electron chi connectivity index (χ2n) is 5.59. The van der Waals surface area contributed by atoms with Gasteiger partial charge in [0.15, 0.2) is 11.5 Å². The van der Waals surface area contributed by atoms with Crippen LogP contribution >= 0.6 is 0 Å². The van der Waals surface area contributed by atoms with E-state index in [4.69, 9.17) is 14.2 Å². The molecule has 0 radical (unpaired) electrons. The first-order valence-electron chi connectivity index (χ1n) is 7.91. The van der Waals surface area contributed by atoms with Gasteiger partial charge in [-0.3, -0.25) is 9.20 Å². The van der Waals surface area contributed by atoms with Crippen LogP contribution in [0.5, 0.6) is 11.5 Å². The molecule has 0 bridgehead atoms. The third-order valence-electron chi connectivity index (χ3n) is 3.90. The summed E-state index contributed by atoms with van der Waals surface area (Å²) in [6.07, 6.45) is 0. The highest BCUT2D eigenvalue weighted by Crippen LogP contribution is 2.27. The number of ether oxygens (including phenoxy) is 3. The van der Waals surface area contributed by atoms with Crippen LogP contribution in [0.25, 0.3) is 5.65 Å². The topological polar surface area (TPSA) is 79.1 Å². The van der Waals surface area contributed by atoms with Gasteiger partial charge in [0, 0.05) is 11.8 Å². The number of nitrogens with zero attached hydrogens (tertiary/aromatic N) is 2. The number of aryl methyl sites for hydroxylation is 1. The summed E-state index contributed by atoms with van der Waals surface area (Å²) in [7, 11) is 3.00. The summed E-state index contributed by atoms with van der Waals surface area (Å²) >= 11 is 0. The van der Waals surface area contributed by atoms with E-state index in [2.05, 4.69) is 4.98 Å². The molecule has 0 aliphatic rings. The highest BCUT2D eigenvalue weighted by Gasteiger charge is 2.13. The van der Waals surface area contributed by atoms with Crippen LogP contribution in [0.4, 0.5) is 0 Å². The number of rotatable bonds is 5. The average molecular weight is 354 g/mol. The van der Waals surface area contributed by atoms with E-state index in [1.165, 1.54) is 30.8 Å². The number of aromatic nitrogens is 2. The van der Waals surface area contributed by atoms with Crippen molar-refractivity contribution in [3.8, 4) is 11.5 Å². The zero-order valence-electron chi connectivity index (χ0n) is 14.7. The summed E-state index contributed by atoms with van der Waals surface area (Å²) in [6.45, 7) is 1.72. The lowest BCUT2D eigenvalue weighted by molar-refractivity contribution is 0.0467. The van der Waals surface area contributed by atoms with Crippen LogP contribution in [-0.4, -0.2) is 29.6 Å². The third-order valence-corrected chi connectivity index (χ3v) is 3.90. The summed E-state index contributed by atoms with van der Waals surface area (Å²) in [6, 6.07) is 11.5. The van der Waals surface area contributed by atoms with E-state index in [1.807, 2.05) is 19.1 Å². The van der Waals surface area contributed by atoms with E-state index >= 15 is 0 Å². The van der Waals surface area contributed by atoms with Crippen LogP contribution in [0.2, 0.25) is 0 Å². The standard InChI is InChI=1S/C19H18N2O5/c1-12-5-4-6-17-20-14(10-18(22)21(12)17)11-26-19(23)13-7-8-15(24-2)16(9-13)25-3/h4-10H,11H2,1-3H3. The van der Waals surface area contributed by atoms with Crippen LogP contribution < -0.4 is 15.0 Å². The molecule has 0 saturated carbocycles. The highest BCUT2D eigenvalue weighted by molar-refractivity contribution is 5.90. The van der Waals surface area contributed by atoms with Crippen molar-refractivity contribution >= 4 is 11.6 Å². The normalized spacial score (nSPS) is 10.6. The fourth-order valence-electron chi connectivity index (χ4n) is 2.62. The van der Waals surface area contributed by atoms with Gasteiger partial charge in [-0.25, -0.2) is 9.78 Å². The Morgan fingerprint density at radius 2 is 1.85 bits per heavy atom. The Morgan fingerprint density at radius 1 is 1.08 bits per heavy atom. The molecule has 0 fully saturated rings. The molecule has 2 aromatic heterocycles. The number of hydrogen-bond acceptors (Lipinski definition) is 6. The molecule has 0 saturated heterocycles. The zero-order chi connectivity index (χ0) is 18.7. The molecule has 3 aromatic rings. The Bertz CT molecular complexity index is 1030. The minimum atomic E-state index is -0.544. The van der Waals surface area contributed by atoms with Crippen LogP contribution in [0, 0.1) is 6.92 Å². The van der Waals surface area contributed by atoms with E-state index in [0.717, 1.165) is 5.69 Å². The lowest BCUT2D eigenvalue weighted by Crippen LogP contribution is -2.18. The highest BCUT2D eigenvalue weighted by atomic mass is 16.5. The molecule has 1 aromatic carbocycles. The van der Waals surface area contributed by atoms with Gasteiger partial charge in [-0.1, -0.05) is 6.07 Å². The molecule has 134 valence electrons. The molecular formula is C19H18N2O5. The quantitative estimate of drug-likeness (QED) is 0.655. The number of fused-ring (bicyclic) bond motifs is 1. The molecule has 7 heteroatoms. The van der Waals surface area contributed by atoms with Crippen molar-refractivity contribution in [3.05, 3.63) is 69.8 Å². The number of methoxy groups -OCH3 is 2. The first-order chi connectivity index (χ1) is 12.5. The number of benzene rings is 1. The lowest BCUT2D eigenvalue weighted by Gasteiger charge is -2.10. The van der Waals surface area contributed by atoms with Gasteiger partial charge >= 0.3 is 5.97 Å². The summed E-state index contributed by atoms with van der Waals surface area (Å²) in [5.41, 5.74) is 1.78. The summed E-state index contributed by atoms with van der Waals surface area (Å²) < 4.78 is 17.1. The Kier molecular flexibility index (Phi) is 4.88. The second kappa shape index (κ2) is 7.26. The molecular weight excluding hydrogens is 336 g/mol. The summed E-state index contributed by atoms with van der Waals surface area (Å²) in [5, 5.41) is 0. The van der Waals surface area contributed by atoms with Gasteiger partial charge in [-0.15, -0.1) is 0 Å². The molecule has 0 spiro atoms. The molecule has 0 aliphatic carbocycles. The maximum Gasteiger partial charge on any atom is 0.338 e. The zero-order valence-corrected chi connectivity index (χ0v) is 14.7. The Labute approximate surface area is 149 Å². The van der Waals surface area contributed by atoms with Crippen LogP contribution in [-0.2, 0) is 11.3 Å². The maximum atomic E-state index is 12.3. The van der Waals surface area contributed by atoms with Crippen molar-refractivity contribution in [2.24, 2.45) is 0 Å². The summed E-state index contributed by atoms with van der Waals surface area (Å²) in [4.78, 5) is 28.9. The maximum absolute atomic E-state index is 12.3. The Hall–Kier alpha value is -3.35. The van der Waals surface area contributed by atoms with Crippen molar-refractivity contribution in [2.45, 2.75) is 13.5 Å².